The highest BCUT2D eigenvalue weighted by Crippen LogP contribution is 2.14. The van der Waals surface area contributed by atoms with Crippen LogP contribution in [0.1, 0.15) is 18.9 Å². The van der Waals surface area contributed by atoms with Crippen molar-refractivity contribution in [1.82, 2.24) is 9.78 Å². The molecule has 2 N–H and O–H groups in total. The summed E-state index contributed by atoms with van der Waals surface area (Å²) in [5.41, 5.74) is 2.15. The van der Waals surface area contributed by atoms with Crippen molar-refractivity contribution in [3.8, 4) is 5.75 Å². The quantitative estimate of drug-likeness (QED) is 0.778. The van der Waals surface area contributed by atoms with Gasteiger partial charge in [-0.3, -0.25) is 4.68 Å². The van der Waals surface area contributed by atoms with Crippen molar-refractivity contribution in [3.05, 3.63) is 42.2 Å². The predicted octanol–water partition coefficient (Wildman–Crippen LogP) is 2.61. The third-order valence-electron chi connectivity index (χ3n) is 2.50. The summed E-state index contributed by atoms with van der Waals surface area (Å²) in [7, 11) is 0. The lowest BCUT2D eigenvalue weighted by Crippen LogP contribution is -1.98. The van der Waals surface area contributed by atoms with Crippen molar-refractivity contribution < 1.29 is 5.11 Å². The fourth-order valence-corrected chi connectivity index (χ4v) is 1.63. The molecule has 0 radical (unpaired) electrons. The van der Waals surface area contributed by atoms with E-state index >= 15 is 0 Å². The summed E-state index contributed by atoms with van der Waals surface area (Å²) >= 11 is 0. The Hall–Kier alpha value is -1.97. The number of hydrogen-bond acceptors (Lipinski definition) is 3. The van der Waals surface area contributed by atoms with Crippen LogP contribution in [-0.4, -0.2) is 14.9 Å². The van der Waals surface area contributed by atoms with Gasteiger partial charge in [-0.05, 0) is 30.7 Å². The van der Waals surface area contributed by atoms with Crippen LogP contribution in [0.3, 0.4) is 0 Å². The average molecular weight is 231 g/mol. The molecule has 1 heterocycles. The monoisotopic (exact) mass is 231 g/mol. The van der Waals surface area contributed by atoms with Gasteiger partial charge in [0.2, 0.25) is 0 Å². The largest absolute Gasteiger partial charge is 0.508 e. The van der Waals surface area contributed by atoms with E-state index in [1.165, 1.54) is 0 Å². The van der Waals surface area contributed by atoms with Gasteiger partial charge in [-0.1, -0.05) is 6.92 Å². The number of aromatic nitrogens is 2. The standard InChI is InChI=1S/C13H17N3O/c1-2-7-16-10-11(9-15-16)8-14-12-3-5-13(17)6-4-12/h3-6,9-10,14,17H,2,7-8H2,1H3. The maximum absolute atomic E-state index is 9.16. The topological polar surface area (TPSA) is 50.1 Å². The van der Waals surface area contributed by atoms with Gasteiger partial charge in [0.15, 0.2) is 0 Å². The first-order valence-corrected chi connectivity index (χ1v) is 5.82. The van der Waals surface area contributed by atoms with E-state index in [4.69, 9.17) is 5.11 Å². The van der Waals surface area contributed by atoms with E-state index in [1.54, 1.807) is 12.1 Å². The van der Waals surface area contributed by atoms with Crippen LogP contribution in [0.2, 0.25) is 0 Å². The van der Waals surface area contributed by atoms with Crippen LogP contribution in [0, 0.1) is 0 Å². The Balaban J connectivity index is 1.90. The molecule has 0 aliphatic heterocycles. The Morgan fingerprint density at radius 3 is 2.76 bits per heavy atom. The van der Waals surface area contributed by atoms with E-state index in [9.17, 15) is 0 Å². The van der Waals surface area contributed by atoms with Crippen LogP contribution in [0.5, 0.6) is 5.75 Å². The minimum absolute atomic E-state index is 0.284. The lowest BCUT2D eigenvalue weighted by Gasteiger charge is -2.04. The zero-order valence-corrected chi connectivity index (χ0v) is 9.93. The molecule has 0 aliphatic carbocycles. The molecular formula is C13H17N3O. The summed E-state index contributed by atoms with van der Waals surface area (Å²) in [5, 5.41) is 16.7. The molecule has 1 aromatic heterocycles. The Morgan fingerprint density at radius 2 is 2.06 bits per heavy atom. The second-order valence-electron chi connectivity index (χ2n) is 4.01. The summed E-state index contributed by atoms with van der Waals surface area (Å²) in [4.78, 5) is 0. The molecule has 90 valence electrons. The zero-order chi connectivity index (χ0) is 12.1. The summed E-state index contributed by atoms with van der Waals surface area (Å²) < 4.78 is 1.95. The van der Waals surface area contributed by atoms with Crippen LogP contribution in [0.4, 0.5) is 5.69 Å². The number of phenols is 1. The summed E-state index contributed by atoms with van der Waals surface area (Å²) in [6, 6.07) is 7.04. The van der Waals surface area contributed by atoms with Crippen molar-refractivity contribution in [3.63, 3.8) is 0 Å². The molecule has 4 heteroatoms. The molecule has 0 spiro atoms. The maximum atomic E-state index is 9.16. The summed E-state index contributed by atoms with van der Waals surface area (Å²) in [6.45, 7) is 3.84. The number of hydrogen-bond donors (Lipinski definition) is 2. The predicted molar refractivity (Wildman–Crippen MR) is 68.0 cm³/mol. The van der Waals surface area contributed by atoms with E-state index in [-0.39, 0.29) is 5.75 Å². The van der Waals surface area contributed by atoms with Gasteiger partial charge in [-0.2, -0.15) is 5.10 Å². The van der Waals surface area contributed by atoms with Gasteiger partial charge in [0.1, 0.15) is 5.75 Å². The first-order valence-electron chi connectivity index (χ1n) is 5.82. The van der Waals surface area contributed by atoms with Crippen LogP contribution in [0.15, 0.2) is 36.7 Å². The van der Waals surface area contributed by atoms with Crippen molar-refractivity contribution in [2.45, 2.75) is 26.4 Å². The number of aryl methyl sites for hydroxylation is 1. The molecular weight excluding hydrogens is 214 g/mol. The highest BCUT2D eigenvalue weighted by atomic mass is 16.3. The van der Waals surface area contributed by atoms with Gasteiger partial charge in [0.05, 0.1) is 6.20 Å². The van der Waals surface area contributed by atoms with E-state index in [2.05, 4.69) is 23.5 Å². The summed E-state index contributed by atoms with van der Waals surface area (Å²) in [6.07, 6.45) is 5.02. The Bertz CT molecular complexity index is 462. The van der Waals surface area contributed by atoms with Crippen molar-refractivity contribution in [2.24, 2.45) is 0 Å². The average Bonchev–Trinajstić information content (AvgIpc) is 2.77. The number of benzene rings is 1. The number of aromatic hydroxyl groups is 1. The number of phenolic OH excluding ortho intramolecular Hbond substituents is 1. The lowest BCUT2D eigenvalue weighted by atomic mass is 10.3. The fourth-order valence-electron chi connectivity index (χ4n) is 1.63. The lowest BCUT2D eigenvalue weighted by molar-refractivity contribution is 0.475. The molecule has 0 unspecified atom stereocenters. The number of anilines is 1. The Labute approximate surface area is 101 Å². The zero-order valence-electron chi connectivity index (χ0n) is 9.93. The highest BCUT2D eigenvalue weighted by Gasteiger charge is 1.98. The molecule has 1 aromatic carbocycles. The Morgan fingerprint density at radius 1 is 1.29 bits per heavy atom. The number of rotatable bonds is 5. The van der Waals surface area contributed by atoms with E-state index in [0.717, 1.165) is 30.8 Å². The van der Waals surface area contributed by atoms with Crippen LogP contribution in [0.25, 0.3) is 0 Å². The van der Waals surface area contributed by atoms with Crippen molar-refractivity contribution in [2.75, 3.05) is 5.32 Å². The van der Waals surface area contributed by atoms with Gasteiger partial charge < -0.3 is 10.4 Å². The molecule has 0 saturated carbocycles. The minimum atomic E-state index is 0.284. The SMILES string of the molecule is CCCn1cc(CNc2ccc(O)cc2)cn1. The third kappa shape index (κ3) is 3.24. The highest BCUT2D eigenvalue weighted by molar-refractivity contribution is 5.46. The first kappa shape index (κ1) is 11.5. The van der Waals surface area contributed by atoms with Gasteiger partial charge in [-0.25, -0.2) is 0 Å². The Kier molecular flexibility index (Phi) is 3.65. The van der Waals surface area contributed by atoms with Gasteiger partial charge in [0, 0.05) is 30.5 Å². The first-order chi connectivity index (χ1) is 8.28. The molecule has 0 fully saturated rings. The van der Waals surface area contributed by atoms with Crippen LogP contribution in [-0.2, 0) is 13.1 Å². The molecule has 0 aliphatic rings. The van der Waals surface area contributed by atoms with Gasteiger partial charge >= 0.3 is 0 Å². The van der Waals surface area contributed by atoms with Crippen molar-refractivity contribution in [1.29, 1.82) is 0 Å². The minimum Gasteiger partial charge on any atom is -0.508 e. The van der Waals surface area contributed by atoms with Crippen LogP contribution >= 0.6 is 0 Å². The molecule has 2 aromatic rings. The molecule has 0 atom stereocenters. The molecule has 17 heavy (non-hydrogen) atoms. The number of nitrogens with one attached hydrogen (secondary N) is 1. The van der Waals surface area contributed by atoms with Gasteiger partial charge in [0.25, 0.3) is 0 Å². The molecule has 2 rings (SSSR count). The van der Waals surface area contributed by atoms with E-state index in [0.29, 0.717) is 0 Å². The maximum Gasteiger partial charge on any atom is 0.115 e. The fraction of sp³-hybridized carbons (Fsp3) is 0.308. The van der Waals surface area contributed by atoms with Gasteiger partial charge in [-0.15, -0.1) is 0 Å². The molecule has 0 amide bonds. The second kappa shape index (κ2) is 5.39. The van der Waals surface area contributed by atoms with E-state index in [1.807, 2.05) is 23.0 Å². The number of nitrogens with zero attached hydrogens (tertiary/aromatic N) is 2. The summed E-state index contributed by atoms with van der Waals surface area (Å²) in [5.74, 6) is 0.284. The normalized spacial score (nSPS) is 10.4. The second-order valence-corrected chi connectivity index (χ2v) is 4.01. The third-order valence-corrected chi connectivity index (χ3v) is 2.50. The molecule has 4 nitrogen and oxygen atoms in total. The van der Waals surface area contributed by atoms with E-state index < -0.39 is 0 Å². The van der Waals surface area contributed by atoms with Crippen molar-refractivity contribution >= 4 is 5.69 Å². The molecule has 0 bridgehead atoms. The smallest absolute Gasteiger partial charge is 0.115 e. The molecule has 0 saturated heterocycles. The van der Waals surface area contributed by atoms with Crippen LogP contribution < -0.4 is 5.32 Å².